The van der Waals surface area contributed by atoms with Gasteiger partial charge in [-0.25, -0.2) is 0 Å². The summed E-state index contributed by atoms with van der Waals surface area (Å²) < 4.78 is 0. The van der Waals surface area contributed by atoms with E-state index >= 15 is 0 Å². The normalized spacial score (nSPS) is 56.5. The highest BCUT2D eigenvalue weighted by Crippen LogP contribution is 2.56. The summed E-state index contributed by atoms with van der Waals surface area (Å²) in [5.74, 6) is 0. The number of hydrogen-bond acceptors (Lipinski definition) is 1. The Morgan fingerprint density at radius 3 is 2.00 bits per heavy atom. The highest BCUT2D eigenvalue weighted by molar-refractivity contribution is 5.00. The van der Waals surface area contributed by atoms with Gasteiger partial charge in [0, 0.05) is 0 Å². The van der Waals surface area contributed by atoms with Gasteiger partial charge in [-0.15, -0.1) is 0 Å². The molecule has 1 N–H and O–H groups in total. The largest absolute Gasteiger partial charge is 0.393 e. The second kappa shape index (κ2) is 2.01. The van der Waals surface area contributed by atoms with Crippen molar-refractivity contribution in [2.24, 2.45) is 10.8 Å². The van der Waals surface area contributed by atoms with E-state index in [0.29, 0.717) is 5.41 Å². The molecule has 0 aromatic heterocycles. The molecule has 3 fully saturated rings. The Balaban J connectivity index is 2.22. The van der Waals surface area contributed by atoms with E-state index in [1.165, 1.54) is 25.7 Å². The lowest BCUT2D eigenvalue weighted by atomic mass is 9.54. The van der Waals surface area contributed by atoms with Gasteiger partial charge in [0.05, 0.1) is 6.10 Å². The van der Waals surface area contributed by atoms with Crippen LogP contribution in [0, 0.1) is 10.8 Å². The first kappa shape index (κ1) is 7.60. The molecule has 2 bridgehead atoms. The minimum absolute atomic E-state index is 0.0185. The summed E-state index contributed by atoms with van der Waals surface area (Å²) in [4.78, 5) is 0. The summed E-state index contributed by atoms with van der Waals surface area (Å²) in [6.07, 6.45) is 6.18. The molecule has 0 unspecified atom stereocenters. The van der Waals surface area contributed by atoms with E-state index < -0.39 is 0 Å². The van der Waals surface area contributed by atoms with Crippen molar-refractivity contribution in [1.29, 1.82) is 0 Å². The fourth-order valence-corrected chi connectivity index (χ4v) is 2.68. The molecular weight excluding hydrogens is 136 g/mol. The van der Waals surface area contributed by atoms with Gasteiger partial charge < -0.3 is 5.11 Å². The monoisotopic (exact) mass is 154 g/mol. The molecule has 0 spiro atoms. The third-order valence-electron chi connectivity index (χ3n) is 4.09. The Morgan fingerprint density at radius 1 is 1.09 bits per heavy atom. The SMILES string of the molecule is CC12CCC(C)(CC1)[C@@H](O)C2. The van der Waals surface area contributed by atoms with Gasteiger partial charge in [-0.05, 0) is 42.9 Å². The molecule has 3 saturated carbocycles. The zero-order valence-electron chi connectivity index (χ0n) is 7.56. The van der Waals surface area contributed by atoms with Gasteiger partial charge in [0.1, 0.15) is 0 Å². The Hall–Kier alpha value is -0.0400. The van der Waals surface area contributed by atoms with Crippen LogP contribution in [0.5, 0.6) is 0 Å². The Morgan fingerprint density at radius 2 is 1.64 bits per heavy atom. The molecule has 11 heavy (non-hydrogen) atoms. The lowest BCUT2D eigenvalue weighted by molar-refractivity contribution is -0.0999. The first-order valence-corrected chi connectivity index (χ1v) is 4.72. The number of rotatable bonds is 0. The Labute approximate surface area is 68.8 Å². The van der Waals surface area contributed by atoms with Crippen LogP contribution < -0.4 is 0 Å². The third kappa shape index (κ3) is 1.01. The maximum atomic E-state index is 9.82. The van der Waals surface area contributed by atoms with Crippen molar-refractivity contribution < 1.29 is 5.11 Å². The standard InChI is InChI=1S/C10H18O/c1-9-3-5-10(2,6-4-9)8(11)7-9/h8,11H,3-7H2,1-2H3/t8-,9?,10?/m0/s1. The van der Waals surface area contributed by atoms with Crippen molar-refractivity contribution in [3.05, 3.63) is 0 Å². The van der Waals surface area contributed by atoms with E-state index in [4.69, 9.17) is 0 Å². The maximum absolute atomic E-state index is 9.82. The van der Waals surface area contributed by atoms with Gasteiger partial charge >= 0.3 is 0 Å². The predicted molar refractivity (Wildman–Crippen MR) is 45.3 cm³/mol. The summed E-state index contributed by atoms with van der Waals surface area (Å²) in [5.41, 5.74) is 0.759. The zero-order valence-corrected chi connectivity index (χ0v) is 7.56. The van der Waals surface area contributed by atoms with Gasteiger partial charge in [-0.2, -0.15) is 0 Å². The van der Waals surface area contributed by atoms with Crippen LogP contribution in [0.1, 0.15) is 46.0 Å². The van der Waals surface area contributed by atoms with E-state index in [-0.39, 0.29) is 11.5 Å². The molecule has 3 aliphatic rings. The molecule has 0 heterocycles. The van der Waals surface area contributed by atoms with Gasteiger partial charge in [-0.3, -0.25) is 0 Å². The molecule has 0 aromatic rings. The fraction of sp³-hybridized carbons (Fsp3) is 1.00. The molecule has 0 amide bonds. The van der Waals surface area contributed by atoms with E-state index in [1.807, 2.05) is 0 Å². The van der Waals surface area contributed by atoms with Crippen molar-refractivity contribution in [3.8, 4) is 0 Å². The van der Waals surface area contributed by atoms with Crippen LogP contribution in [0.15, 0.2) is 0 Å². The molecule has 3 rings (SSSR count). The second-order valence-corrected chi connectivity index (χ2v) is 5.18. The summed E-state index contributed by atoms with van der Waals surface area (Å²) >= 11 is 0. The fourth-order valence-electron chi connectivity index (χ4n) is 2.68. The highest BCUT2D eigenvalue weighted by Gasteiger charge is 2.48. The molecule has 0 saturated heterocycles. The Kier molecular flexibility index (Phi) is 1.39. The average Bonchev–Trinajstić information content (AvgIpc) is 1.94. The quantitative estimate of drug-likeness (QED) is 0.568. The van der Waals surface area contributed by atoms with Crippen LogP contribution in [-0.2, 0) is 0 Å². The van der Waals surface area contributed by atoms with E-state index in [1.54, 1.807) is 0 Å². The van der Waals surface area contributed by atoms with Gasteiger partial charge in [0.15, 0.2) is 0 Å². The summed E-state index contributed by atoms with van der Waals surface area (Å²) in [6, 6.07) is 0. The highest BCUT2D eigenvalue weighted by atomic mass is 16.3. The molecule has 0 aliphatic heterocycles. The molecular formula is C10H18O. The summed E-state index contributed by atoms with van der Waals surface area (Å²) in [5, 5.41) is 9.82. The first-order chi connectivity index (χ1) is 5.04. The van der Waals surface area contributed by atoms with Crippen LogP contribution in [0.25, 0.3) is 0 Å². The number of aliphatic hydroxyl groups excluding tert-OH is 1. The van der Waals surface area contributed by atoms with Crippen molar-refractivity contribution in [3.63, 3.8) is 0 Å². The van der Waals surface area contributed by atoms with Crippen molar-refractivity contribution in [2.75, 3.05) is 0 Å². The molecule has 1 nitrogen and oxygen atoms in total. The summed E-state index contributed by atoms with van der Waals surface area (Å²) in [6.45, 7) is 4.57. The smallest absolute Gasteiger partial charge is 0.0599 e. The molecule has 0 aromatic carbocycles. The van der Waals surface area contributed by atoms with Crippen LogP contribution in [0.2, 0.25) is 0 Å². The van der Waals surface area contributed by atoms with Crippen LogP contribution in [-0.4, -0.2) is 11.2 Å². The van der Waals surface area contributed by atoms with E-state index in [9.17, 15) is 5.11 Å². The predicted octanol–water partition coefficient (Wildman–Crippen LogP) is 2.34. The minimum Gasteiger partial charge on any atom is -0.393 e. The van der Waals surface area contributed by atoms with Crippen molar-refractivity contribution >= 4 is 0 Å². The molecule has 1 heteroatoms. The first-order valence-electron chi connectivity index (χ1n) is 4.72. The van der Waals surface area contributed by atoms with Crippen LogP contribution in [0.3, 0.4) is 0 Å². The topological polar surface area (TPSA) is 20.2 Å². The van der Waals surface area contributed by atoms with E-state index in [2.05, 4.69) is 13.8 Å². The van der Waals surface area contributed by atoms with Gasteiger partial charge in [0.2, 0.25) is 0 Å². The second-order valence-electron chi connectivity index (χ2n) is 5.18. The zero-order chi connectivity index (χ0) is 8.11. The lowest BCUT2D eigenvalue weighted by Gasteiger charge is -2.53. The van der Waals surface area contributed by atoms with Crippen molar-refractivity contribution in [2.45, 2.75) is 52.1 Å². The molecule has 64 valence electrons. The van der Waals surface area contributed by atoms with E-state index in [0.717, 1.165) is 6.42 Å². The number of aliphatic hydroxyl groups is 1. The third-order valence-corrected chi connectivity index (χ3v) is 4.09. The molecule has 0 radical (unpaired) electrons. The number of hydrogen-bond donors (Lipinski definition) is 1. The maximum Gasteiger partial charge on any atom is 0.0599 e. The van der Waals surface area contributed by atoms with Crippen LogP contribution in [0.4, 0.5) is 0 Å². The van der Waals surface area contributed by atoms with Gasteiger partial charge in [0.25, 0.3) is 0 Å². The average molecular weight is 154 g/mol. The number of fused-ring (bicyclic) bond motifs is 3. The summed E-state index contributed by atoms with van der Waals surface area (Å²) in [7, 11) is 0. The van der Waals surface area contributed by atoms with Crippen molar-refractivity contribution in [1.82, 2.24) is 0 Å². The van der Waals surface area contributed by atoms with Crippen LogP contribution >= 0.6 is 0 Å². The molecule has 3 aliphatic carbocycles. The molecule has 1 atom stereocenters. The minimum atomic E-state index is -0.0185. The van der Waals surface area contributed by atoms with Gasteiger partial charge in [-0.1, -0.05) is 13.8 Å². The lowest BCUT2D eigenvalue weighted by Crippen LogP contribution is -2.48. The Bertz CT molecular complexity index is 166.